The zero-order valence-corrected chi connectivity index (χ0v) is 12.3. The summed E-state index contributed by atoms with van der Waals surface area (Å²) in [6.07, 6.45) is 1.51. The zero-order valence-electron chi connectivity index (χ0n) is 11.6. The molecule has 22 heavy (non-hydrogen) atoms. The highest BCUT2D eigenvalue weighted by Crippen LogP contribution is 2.30. The largest absolute Gasteiger partial charge is 0.467 e. The van der Waals surface area contributed by atoms with Crippen LogP contribution in [0.4, 0.5) is 13.2 Å². The van der Waals surface area contributed by atoms with Crippen LogP contribution in [0.25, 0.3) is 0 Å². The number of halogens is 4. The normalized spacial score (nSPS) is 19.4. The lowest BCUT2D eigenvalue weighted by atomic mass is 10.1. The molecule has 1 aromatic heterocycles. The Morgan fingerprint density at radius 3 is 2.82 bits per heavy atom. The Morgan fingerprint density at radius 2 is 2.23 bits per heavy atom. The van der Waals surface area contributed by atoms with Gasteiger partial charge in [-0.05, 0) is 24.6 Å². The fourth-order valence-corrected chi connectivity index (χ4v) is 2.13. The Morgan fingerprint density at radius 1 is 1.50 bits per heavy atom. The van der Waals surface area contributed by atoms with E-state index in [0.717, 1.165) is 0 Å². The number of allylic oxidation sites excluding steroid dienone is 1. The highest BCUT2D eigenvalue weighted by molar-refractivity contribution is 6.31. The number of hydrogen-bond donors (Lipinski definition) is 1. The van der Waals surface area contributed by atoms with Crippen LogP contribution in [0.2, 0.25) is 5.02 Å². The van der Waals surface area contributed by atoms with Crippen LogP contribution in [0.5, 0.6) is 5.88 Å². The second-order valence-corrected chi connectivity index (χ2v) is 5.04. The predicted octanol–water partition coefficient (Wildman–Crippen LogP) is 2.88. The molecule has 0 saturated heterocycles. The third-order valence-corrected chi connectivity index (χ3v) is 3.29. The summed E-state index contributed by atoms with van der Waals surface area (Å²) in [5.41, 5.74) is 6.54. The lowest BCUT2D eigenvalue weighted by Crippen LogP contribution is -2.39. The van der Waals surface area contributed by atoms with Crippen LogP contribution in [0.3, 0.4) is 0 Å². The smallest absolute Gasteiger partial charge is 0.422 e. The van der Waals surface area contributed by atoms with Crippen molar-refractivity contribution in [3.05, 3.63) is 35.1 Å². The van der Waals surface area contributed by atoms with Crippen molar-refractivity contribution in [2.45, 2.75) is 25.4 Å². The molecule has 2 atom stereocenters. The summed E-state index contributed by atoms with van der Waals surface area (Å²) in [5, 5.41) is 0.00617. The molecule has 0 spiro atoms. The number of aromatic nitrogens is 1. The summed E-state index contributed by atoms with van der Waals surface area (Å²) in [6, 6.07) is 1.30. The molecule has 2 heterocycles. The molecule has 0 fully saturated rings. The number of nitrogens with two attached hydrogens (primary N) is 1. The molecule has 0 aromatic carbocycles. The molecule has 0 amide bonds. The lowest BCUT2D eigenvalue weighted by molar-refractivity contribution is -0.154. The van der Waals surface area contributed by atoms with Crippen LogP contribution in [-0.2, 0) is 0 Å². The fraction of sp³-hybridized carbons (Fsp3) is 0.385. The van der Waals surface area contributed by atoms with Gasteiger partial charge in [0.05, 0.1) is 6.04 Å². The zero-order chi connectivity index (χ0) is 16.3. The van der Waals surface area contributed by atoms with E-state index in [-0.39, 0.29) is 16.9 Å². The highest BCUT2D eigenvalue weighted by Gasteiger charge is 2.29. The first-order valence-electron chi connectivity index (χ1n) is 6.36. The van der Waals surface area contributed by atoms with E-state index in [2.05, 4.69) is 14.7 Å². The van der Waals surface area contributed by atoms with Crippen molar-refractivity contribution < 1.29 is 17.9 Å². The summed E-state index contributed by atoms with van der Waals surface area (Å²) in [4.78, 5) is 9.65. The number of aliphatic imine (C=N–C) groups is 1. The molecule has 5 nitrogen and oxygen atoms in total. The van der Waals surface area contributed by atoms with Crippen molar-refractivity contribution in [1.29, 1.82) is 0 Å². The second-order valence-electron chi connectivity index (χ2n) is 4.64. The first-order chi connectivity index (χ1) is 10.3. The Kier molecular flexibility index (Phi) is 4.92. The SMILES string of the molecule is CC(c1cnc(OCC(F)(F)F)c(Cl)c1)N1C=CC=NC1N. The molecule has 2 N–H and O–H groups in total. The summed E-state index contributed by atoms with van der Waals surface area (Å²) in [5.74, 6) is -0.258. The van der Waals surface area contributed by atoms with Gasteiger partial charge in [-0.2, -0.15) is 13.2 Å². The molecule has 1 aliphatic heterocycles. The minimum absolute atomic E-state index is 0.00617. The Hall–Kier alpha value is -1.80. The van der Waals surface area contributed by atoms with Gasteiger partial charge in [-0.25, -0.2) is 4.98 Å². The van der Waals surface area contributed by atoms with Crippen LogP contribution in [0.15, 0.2) is 29.5 Å². The molecule has 0 aliphatic carbocycles. The van der Waals surface area contributed by atoms with Gasteiger partial charge in [0.15, 0.2) is 12.9 Å². The van der Waals surface area contributed by atoms with E-state index in [1.165, 1.54) is 12.3 Å². The minimum Gasteiger partial charge on any atom is -0.467 e. The fourth-order valence-electron chi connectivity index (χ4n) is 1.90. The van der Waals surface area contributed by atoms with Crippen molar-refractivity contribution in [3.63, 3.8) is 0 Å². The van der Waals surface area contributed by atoms with E-state index in [0.29, 0.717) is 5.56 Å². The van der Waals surface area contributed by atoms with Gasteiger partial charge in [0.2, 0.25) is 5.88 Å². The van der Waals surface area contributed by atoms with Crippen LogP contribution in [0, 0.1) is 0 Å². The summed E-state index contributed by atoms with van der Waals surface area (Å²) in [6.45, 7) is 0.414. The molecule has 0 radical (unpaired) electrons. The molecule has 0 bridgehead atoms. The van der Waals surface area contributed by atoms with E-state index in [1.807, 2.05) is 6.92 Å². The van der Waals surface area contributed by atoms with Gasteiger partial charge in [-0.3, -0.25) is 10.7 Å². The molecule has 0 saturated carbocycles. The molecule has 1 aliphatic rings. The topological polar surface area (TPSA) is 63.7 Å². The van der Waals surface area contributed by atoms with Gasteiger partial charge < -0.3 is 9.64 Å². The predicted molar refractivity (Wildman–Crippen MR) is 76.7 cm³/mol. The summed E-state index contributed by atoms with van der Waals surface area (Å²) >= 11 is 5.93. The molecular weight excluding hydrogens is 321 g/mol. The maximum absolute atomic E-state index is 12.1. The highest BCUT2D eigenvalue weighted by atomic mass is 35.5. The maximum Gasteiger partial charge on any atom is 0.422 e. The third kappa shape index (κ3) is 4.11. The van der Waals surface area contributed by atoms with E-state index in [1.54, 1.807) is 23.4 Å². The van der Waals surface area contributed by atoms with Gasteiger partial charge in [0.25, 0.3) is 0 Å². The van der Waals surface area contributed by atoms with Gasteiger partial charge in [0, 0.05) is 18.6 Å². The van der Waals surface area contributed by atoms with Crippen molar-refractivity contribution in [3.8, 4) is 5.88 Å². The number of ether oxygens (including phenoxy) is 1. The van der Waals surface area contributed by atoms with E-state index < -0.39 is 19.1 Å². The van der Waals surface area contributed by atoms with Crippen molar-refractivity contribution in [2.24, 2.45) is 10.7 Å². The van der Waals surface area contributed by atoms with Gasteiger partial charge >= 0.3 is 6.18 Å². The van der Waals surface area contributed by atoms with Crippen molar-refractivity contribution in [2.75, 3.05) is 6.61 Å². The van der Waals surface area contributed by atoms with Gasteiger partial charge in [-0.1, -0.05) is 11.6 Å². The quantitative estimate of drug-likeness (QED) is 0.919. The minimum atomic E-state index is -4.44. The van der Waals surface area contributed by atoms with Gasteiger partial charge in [0.1, 0.15) is 5.02 Å². The van der Waals surface area contributed by atoms with Crippen LogP contribution < -0.4 is 10.5 Å². The monoisotopic (exact) mass is 334 g/mol. The van der Waals surface area contributed by atoms with E-state index in [9.17, 15) is 13.2 Å². The number of hydrogen-bond acceptors (Lipinski definition) is 5. The number of nitrogens with zero attached hydrogens (tertiary/aromatic N) is 3. The molecule has 9 heteroatoms. The molecule has 1 aromatic rings. The first-order valence-corrected chi connectivity index (χ1v) is 6.74. The van der Waals surface area contributed by atoms with E-state index in [4.69, 9.17) is 17.3 Å². The van der Waals surface area contributed by atoms with Crippen molar-refractivity contribution >= 4 is 17.8 Å². The van der Waals surface area contributed by atoms with Crippen LogP contribution >= 0.6 is 11.6 Å². The Balaban J connectivity index is 2.11. The Bertz CT molecular complexity index is 591. The standard InChI is InChI=1S/C13H14ClF3N4O/c1-8(21-4-2-3-19-12(21)18)9-5-10(14)11(20-6-9)22-7-13(15,16)17/h2-6,8,12H,7,18H2,1H3. The number of pyridine rings is 1. The molecule has 2 rings (SSSR count). The Labute approximate surface area is 130 Å². The summed E-state index contributed by atoms with van der Waals surface area (Å²) in [7, 11) is 0. The number of alkyl halides is 3. The number of rotatable bonds is 4. The van der Waals surface area contributed by atoms with Crippen LogP contribution in [0.1, 0.15) is 18.5 Å². The van der Waals surface area contributed by atoms with E-state index >= 15 is 0 Å². The summed E-state index contributed by atoms with van der Waals surface area (Å²) < 4.78 is 40.9. The average molecular weight is 335 g/mol. The van der Waals surface area contributed by atoms with Crippen molar-refractivity contribution in [1.82, 2.24) is 9.88 Å². The lowest BCUT2D eigenvalue weighted by Gasteiger charge is -2.32. The molecule has 120 valence electrons. The van der Waals surface area contributed by atoms with Crippen LogP contribution in [-0.4, -0.2) is 35.2 Å². The maximum atomic E-state index is 12.1. The average Bonchev–Trinajstić information content (AvgIpc) is 2.45. The first kappa shape index (κ1) is 16.6. The molecule has 2 unspecified atom stereocenters. The second kappa shape index (κ2) is 6.53. The molecular formula is C13H14ClF3N4O. The van der Waals surface area contributed by atoms with Gasteiger partial charge in [-0.15, -0.1) is 0 Å². The third-order valence-electron chi connectivity index (χ3n) is 3.02.